The number of hydrogen-bond acceptors (Lipinski definition) is 4. The average molecular weight is 289 g/mol. The number of anilines is 1. The van der Waals surface area contributed by atoms with Crippen molar-refractivity contribution < 1.29 is 19.4 Å². The molecule has 0 radical (unpaired) electrons. The number of aliphatic carboxylic acids is 1. The Morgan fingerprint density at radius 2 is 2.14 bits per heavy atom. The van der Waals surface area contributed by atoms with Crippen LogP contribution in [0, 0.1) is 11.3 Å². The van der Waals surface area contributed by atoms with Gasteiger partial charge in [-0.25, -0.2) is 9.59 Å². The Bertz CT molecular complexity index is 565. The molecule has 2 N–H and O–H groups in total. The fourth-order valence-corrected chi connectivity index (χ4v) is 1.98. The average Bonchev–Trinajstić information content (AvgIpc) is 2.49. The van der Waals surface area contributed by atoms with Crippen molar-refractivity contribution >= 4 is 17.7 Å². The first kappa shape index (κ1) is 14.8. The number of nitrogens with zero attached hydrogens (tertiary/aromatic N) is 2. The number of nitrogens with one attached hydrogen (secondary N) is 1. The van der Waals surface area contributed by atoms with E-state index in [9.17, 15) is 9.59 Å². The van der Waals surface area contributed by atoms with E-state index in [1.807, 2.05) is 6.07 Å². The lowest BCUT2D eigenvalue weighted by molar-refractivity contribution is -0.154. The second-order valence-electron chi connectivity index (χ2n) is 4.61. The highest BCUT2D eigenvalue weighted by Gasteiger charge is 2.28. The molecule has 0 spiro atoms. The van der Waals surface area contributed by atoms with Crippen molar-refractivity contribution in [1.29, 1.82) is 5.26 Å². The van der Waals surface area contributed by atoms with Gasteiger partial charge in [0.1, 0.15) is 0 Å². The summed E-state index contributed by atoms with van der Waals surface area (Å²) in [5, 5.41) is 20.2. The molecule has 1 unspecified atom stereocenters. The molecule has 1 aromatic carbocycles. The number of carboxylic acids is 1. The van der Waals surface area contributed by atoms with Crippen molar-refractivity contribution in [2.45, 2.75) is 12.5 Å². The van der Waals surface area contributed by atoms with E-state index in [4.69, 9.17) is 15.1 Å². The monoisotopic (exact) mass is 289 g/mol. The van der Waals surface area contributed by atoms with E-state index in [2.05, 4.69) is 5.32 Å². The largest absolute Gasteiger partial charge is 0.479 e. The minimum absolute atomic E-state index is 0.0215. The van der Waals surface area contributed by atoms with Gasteiger partial charge in [0.15, 0.2) is 6.10 Å². The second-order valence-corrected chi connectivity index (χ2v) is 4.61. The van der Waals surface area contributed by atoms with Crippen LogP contribution in [0.4, 0.5) is 10.5 Å². The van der Waals surface area contributed by atoms with E-state index < -0.39 is 12.1 Å². The predicted octanol–water partition coefficient (Wildman–Crippen LogP) is 1.07. The van der Waals surface area contributed by atoms with E-state index in [0.29, 0.717) is 18.7 Å². The molecule has 0 bridgehead atoms. The van der Waals surface area contributed by atoms with Gasteiger partial charge in [0.05, 0.1) is 25.6 Å². The van der Waals surface area contributed by atoms with E-state index in [0.717, 1.165) is 5.56 Å². The van der Waals surface area contributed by atoms with Gasteiger partial charge in [0, 0.05) is 12.2 Å². The molecule has 0 aliphatic carbocycles. The summed E-state index contributed by atoms with van der Waals surface area (Å²) >= 11 is 0. The van der Waals surface area contributed by atoms with Gasteiger partial charge < -0.3 is 20.1 Å². The Morgan fingerprint density at radius 3 is 2.76 bits per heavy atom. The van der Waals surface area contributed by atoms with Crippen LogP contribution in [0.2, 0.25) is 0 Å². The molecule has 1 saturated heterocycles. The molecule has 1 aliphatic rings. The Morgan fingerprint density at radius 1 is 1.43 bits per heavy atom. The van der Waals surface area contributed by atoms with Crippen molar-refractivity contribution in [1.82, 2.24) is 4.90 Å². The number of amides is 2. The third-order valence-electron chi connectivity index (χ3n) is 3.12. The third kappa shape index (κ3) is 3.94. The summed E-state index contributed by atoms with van der Waals surface area (Å²) in [4.78, 5) is 24.3. The molecule has 1 atom stereocenters. The summed E-state index contributed by atoms with van der Waals surface area (Å²) in [5.74, 6) is -1.08. The van der Waals surface area contributed by atoms with Crippen LogP contribution in [0.15, 0.2) is 24.3 Å². The zero-order valence-electron chi connectivity index (χ0n) is 11.3. The smallest absolute Gasteiger partial charge is 0.334 e. The zero-order valence-corrected chi connectivity index (χ0v) is 11.3. The number of urea groups is 1. The summed E-state index contributed by atoms with van der Waals surface area (Å²) in [6.45, 7) is 0.571. The number of ether oxygens (including phenoxy) is 1. The number of hydrogen-bond donors (Lipinski definition) is 2. The van der Waals surface area contributed by atoms with Gasteiger partial charge in [-0.2, -0.15) is 5.26 Å². The summed E-state index contributed by atoms with van der Waals surface area (Å²) < 4.78 is 5.06. The number of nitriles is 1. The third-order valence-corrected chi connectivity index (χ3v) is 3.12. The molecular weight excluding hydrogens is 274 g/mol. The maximum atomic E-state index is 12.1. The Kier molecular flexibility index (Phi) is 4.74. The number of carbonyl (C=O) groups excluding carboxylic acids is 1. The lowest BCUT2D eigenvalue weighted by Gasteiger charge is -2.30. The molecule has 110 valence electrons. The fraction of sp³-hybridized carbons (Fsp3) is 0.357. The highest BCUT2D eigenvalue weighted by molar-refractivity contribution is 5.89. The van der Waals surface area contributed by atoms with Crippen molar-refractivity contribution in [2.24, 2.45) is 0 Å². The fourth-order valence-electron chi connectivity index (χ4n) is 1.98. The molecule has 0 aromatic heterocycles. The SMILES string of the molecule is N#CCc1ccc(NC(=O)N2CCOC(C(=O)O)C2)cc1. The van der Waals surface area contributed by atoms with Gasteiger partial charge in [0.2, 0.25) is 0 Å². The quantitative estimate of drug-likeness (QED) is 0.866. The van der Waals surface area contributed by atoms with Gasteiger partial charge in [0.25, 0.3) is 0 Å². The Hall–Kier alpha value is -2.59. The topological polar surface area (TPSA) is 103 Å². The molecule has 0 saturated carbocycles. The Labute approximate surface area is 121 Å². The van der Waals surface area contributed by atoms with Crippen LogP contribution < -0.4 is 5.32 Å². The number of carbonyl (C=O) groups is 2. The number of morpholine rings is 1. The van der Waals surface area contributed by atoms with E-state index in [1.54, 1.807) is 24.3 Å². The summed E-state index contributed by atoms with van der Waals surface area (Å²) in [6, 6.07) is 8.62. The van der Waals surface area contributed by atoms with Crippen molar-refractivity contribution in [3.8, 4) is 6.07 Å². The van der Waals surface area contributed by atoms with Crippen LogP contribution in [-0.2, 0) is 16.0 Å². The highest BCUT2D eigenvalue weighted by Crippen LogP contribution is 2.12. The molecule has 7 nitrogen and oxygen atoms in total. The molecule has 7 heteroatoms. The van der Waals surface area contributed by atoms with Crippen molar-refractivity contribution in [3.05, 3.63) is 29.8 Å². The molecule has 2 amide bonds. The first-order valence-corrected chi connectivity index (χ1v) is 6.46. The highest BCUT2D eigenvalue weighted by atomic mass is 16.5. The van der Waals surface area contributed by atoms with Crippen LogP contribution in [0.3, 0.4) is 0 Å². The summed E-state index contributed by atoms with van der Waals surface area (Å²) in [7, 11) is 0. The van der Waals surface area contributed by atoms with Gasteiger partial charge in [-0.15, -0.1) is 0 Å². The predicted molar refractivity (Wildman–Crippen MR) is 73.7 cm³/mol. The minimum atomic E-state index is -1.08. The van der Waals surface area contributed by atoms with Gasteiger partial charge in [-0.3, -0.25) is 0 Å². The molecule has 1 heterocycles. The van der Waals surface area contributed by atoms with Crippen LogP contribution in [-0.4, -0.2) is 47.8 Å². The standard InChI is InChI=1S/C14H15N3O4/c15-6-5-10-1-3-11(4-2-10)16-14(20)17-7-8-21-12(9-17)13(18)19/h1-4,12H,5,7-9H2,(H,16,20)(H,18,19). The number of rotatable bonds is 3. The summed E-state index contributed by atoms with van der Waals surface area (Å²) in [6.07, 6.45) is -0.666. The van der Waals surface area contributed by atoms with Gasteiger partial charge in [-0.1, -0.05) is 12.1 Å². The summed E-state index contributed by atoms with van der Waals surface area (Å²) in [5.41, 5.74) is 1.47. The van der Waals surface area contributed by atoms with Gasteiger partial charge >= 0.3 is 12.0 Å². The van der Waals surface area contributed by atoms with Crippen LogP contribution in [0.25, 0.3) is 0 Å². The number of benzene rings is 1. The first-order valence-electron chi connectivity index (χ1n) is 6.46. The molecule has 1 fully saturated rings. The lowest BCUT2D eigenvalue weighted by Crippen LogP contribution is -2.49. The zero-order chi connectivity index (χ0) is 15.2. The maximum Gasteiger partial charge on any atom is 0.334 e. The molecular formula is C14H15N3O4. The van der Waals surface area contributed by atoms with E-state index in [-0.39, 0.29) is 19.2 Å². The normalized spacial score (nSPS) is 17.9. The maximum absolute atomic E-state index is 12.1. The molecule has 21 heavy (non-hydrogen) atoms. The Balaban J connectivity index is 1.94. The second kappa shape index (κ2) is 6.72. The first-order chi connectivity index (χ1) is 10.1. The minimum Gasteiger partial charge on any atom is -0.479 e. The van der Waals surface area contributed by atoms with E-state index in [1.165, 1.54) is 4.90 Å². The van der Waals surface area contributed by atoms with Crippen LogP contribution in [0.1, 0.15) is 5.56 Å². The van der Waals surface area contributed by atoms with Gasteiger partial charge in [-0.05, 0) is 17.7 Å². The molecule has 1 aliphatic heterocycles. The molecule has 2 rings (SSSR count). The van der Waals surface area contributed by atoms with E-state index >= 15 is 0 Å². The van der Waals surface area contributed by atoms with Crippen LogP contribution >= 0.6 is 0 Å². The van der Waals surface area contributed by atoms with Crippen molar-refractivity contribution in [3.63, 3.8) is 0 Å². The van der Waals surface area contributed by atoms with Crippen molar-refractivity contribution in [2.75, 3.05) is 25.0 Å². The molecule has 1 aromatic rings. The number of carboxylic acid groups (broad SMARTS) is 1. The van der Waals surface area contributed by atoms with Crippen LogP contribution in [0.5, 0.6) is 0 Å². The lowest BCUT2D eigenvalue weighted by atomic mass is 10.1.